The molecule has 35 heavy (non-hydrogen) atoms. The van der Waals surface area contributed by atoms with Crippen LogP contribution in [0.25, 0.3) is 0 Å². The van der Waals surface area contributed by atoms with Crippen LogP contribution in [0.2, 0.25) is 0 Å². The van der Waals surface area contributed by atoms with Crippen LogP contribution in [0.1, 0.15) is 50.4 Å². The van der Waals surface area contributed by atoms with Gasteiger partial charge in [-0.15, -0.1) is 10.2 Å². The van der Waals surface area contributed by atoms with Crippen molar-refractivity contribution in [2.45, 2.75) is 62.4 Å². The second kappa shape index (κ2) is 11.3. The van der Waals surface area contributed by atoms with Gasteiger partial charge in [0.1, 0.15) is 5.76 Å². The summed E-state index contributed by atoms with van der Waals surface area (Å²) in [6.07, 6.45) is 8.52. The molecular weight excluding hydrogens is 458 g/mol. The molecule has 5 rings (SSSR count). The number of carbonyl (C=O) groups is 1. The van der Waals surface area contributed by atoms with Gasteiger partial charge in [0, 0.05) is 26.2 Å². The molecule has 0 saturated carbocycles. The highest BCUT2D eigenvalue weighted by atomic mass is 32.2. The predicted octanol–water partition coefficient (Wildman–Crippen LogP) is 4.87. The normalized spacial score (nSPS) is 18.1. The van der Waals surface area contributed by atoms with Crippen molar-refractivity contribution >= 4 is 23.6 Å². The highest BCUT2D eigenvalue weighted by molar-refractivity contribution is 8.00. The molecule has 1 aromatic carbocycles. The fourth-order valence-electron chi connectivity index (χ4n) is 5.16. The van der Waals surface area contributed by atoms with Crippen LogP contribution >= 0.6 is 11.8 Å². The van der Waals surface area contributed by atoms with Crippen molar-refractivity contribution in [3.05, 3.63) is 60.1 Å². The number of benzene rings is 1. The summed E-state index contributed by atoms with van der Waals surface area (Å²) in [7, 11) is 0. The van der Waals surface area contributed by atoms with Crippen LogP contribution in [0.15, 0.2) is 58.3 Å². The number of aromatic nitrogens is 3. The molecule has 2 aliphatic heterocycles. The Kier molecular flexibility index (Phi) is 7.76. The first-order valence-corrected chi connectivity index (χ1v) is 13.8. The maximum absolute atomic E-state index is 13.3. The monoisotopic (exact) mass is 493 g/mol. The van der Waals surface area contributed by atoms with Crippen molar-refractivity contribution in [3.8, 4) is 0 Å². The Morgan fingerprint density at radius 3 is 2.51 bits per heavy atom. The molecule has 0 N–H and O–H groups in total. The molecule has 2 saturated heterocycles. The van der Waals surface area contributed by atoms with Gasteiger partial charge in [0.15, 0.2) is 5.16 Å². The number of amides is 1. The summed E-state index contributed by atoms with van der Waals surface area (Å²) in [5.41, 5.74) is 1.39. The molecular formula is C27H35N5O2S. The molecule has 8 heteroatoms. The van der Waals surface area contributed by atoms with Gasteiger partial charge in [-0.25, -0.2) is 0 Å². The van der Waals surface area contributed by atoms with Gasteiger partial charge in [-0.1, -0.05) is 42.1 Å². The van der Waals surface area contributed by atoms with E-state index in [1.165, 1.54) is 36.6 Å². The third-order valence-electron chi connectivity index (χ3n) is 7.15. The Labute approximate surface area is 211 Å². The van der Waals surface area contributed by atoms with E-state index in [1.54, 1.807) is 6.26 Å². The lowest BCUT2D eigenvalue weighted by molar-refractivity contribution is -0.131. The van der Waals surface area contributed by atoms with Crippen LogP contribution in [0.4, 0.5) is 5.95 Å². The number of rotatable bonds is 8. The van der Waals surface area contributed by atoms with E-state index in [9.17, 15) is 4.79 Å². The molecule has 1 atom stereocenters. The van der Waals surface area contributed by atoms with E-state index in [4.69, 9.17) is 4.42 Å². The van der Waals surface area contributed by atoms with Gasteiger partial charge in [0.05, 0.1) is 18.1 Å². The van der Waals surface area contributed by atoms with Crippen molar-refractivity contribution < 1.29 is 9.21 Å². The topological polar surface area (TPSA) is 67.4 Å². The summed E-state index contributed by atoms with van der Waals surface area (Å²) in [5.74, 6) is 2.59. The molecule has 2 aliphatic rings. The number of piperidine rings is 2. The van der Waals surface area contributed by atoms with E-state index in [0.717, 1.165) is 62.3 Å². The minimum absolute atomic E-state index is 0.195. The van der Waals surface area contributed by atoms with Crippen molar-refractivity contribution in [2.75, 3.05) is 31.1 Å². The Morgan fingerprint density at radius 2 is 1.80 bits per heavy atom. The number of nitrogens with zero attached hydrogens (tertiary/aromatic N) is 5. The van der Waals surface area contributed by atoms with Gasteiger partial charge in [-0.2, -0.15) is 0 Å². The maximum atomic E-state index is 13.3. The van der Waals surface area contributed by atoms with Gasteiger partial charge in [-0.3, -0.25) is 9.36 Å². The first kappa shape index (κ1) is 24.0. The quantitative estimate of drug-likeness (QED) is 0.417. The summed E-state index contributed by atoms with van der Waals surface area (Å²) in [5, 5.41) is 9.63. The first-order chi connectivity index (χ1) is 17.2. The van der Waals surface area contributed by atoms with Gasteiger partial charge in [0.25, 0.3) is 0 Å². The molecule has 1 unspecified atom stereocenters. The van der Waals surface area contributed by atoms with Crippen molar-refractivity contribution in [2.24, 2.45) is 5.92 Å². The molecule has 2 fully saturated rings. The second-order valence-corrected chi connectivity index (χ2v) is 11.0. The predicted molar refractivity (Wildman–Crippen MR) is 139 cm³/mol. The zero-order valence-corrected chi connectivity index (χ0v) is 21.3. The number of hydrogen-bond acceptors (Lipinski definition) is 6. The molecule has 7 nitrogen and oxygen atoms in total. The summed E-state index contributed by atoms with van der Waals surface area (Å²) in [6.45, 7) is 6.22. The summed E-state index contributed by atoms with van der Waals surface area (Å²) in [6, 6.07) is 14.6. The molecule has 0 aliphatic carbocycles. The maximum Gasteiger partial charge on any atom is 0.235 e. The SMILES string of the molecule is CC(Sc1nnc(N2CCCCC2)n1Cc1ccco1)C(=O)N1CCC(Cc2ccccc2)CC1. The van der Waals surface area contributed by atoms with Gasteiger partial charge in [-0.05, 0) is 69.1 Å². The third kappa shape index (κ3) is 5.92. The average molecular weight is 494 g/mol. The highest BCUT2D eigenvalue weighted by Gasteiger charge is 2.29. The standard InChI is InChI=1S/C27H35N5O2S/c1-21(25(33)30-16-12-23(13-17-30)19-22-9-4-2-5-10-22)35-27-29-28-26(31-14-6-3-7-15-31)32(27)20-24-11-8-18-34-24/h2,4-5,8-11,18,21,23H,3,6-7,12-17,19-20H2,1H3. The zero-order chi connectivity index (χ0) is 24.0. The lowest BCUT2D eigenvalue weighted by Gasteiger charge is -2.33. The van der Waals surface area contributed by atoms with Crippen LogP contribution in [-0.4, -0.2) is 57.0 Å². The van der Waals surface area contributed by atoms with Crippen LogP contribution in [-0.2, 0) is 17.8 Å². The molecule has 2 aromatic heterocycles. The number of thioether (sulfide) groups is 1. The van der Waals surface area contributed by atoms with Crippen LogP contribution < -0.4 is 4.90 Å². The van der Waals surface area contributed by atoms with E-state index in [0.29, 0.717) is 12.5 Å². The molecule has 186 valence electrons. The lowest BCUT2D eigenvalue weighted by Crippen LogP contribution is -2.42. The Hall–Kier alpha value is -2.74. The highest BCUT2D eigenvalue weighted by Crippen LogP contribution is 2.30. The van der Waals surface area contributed by atoms with E-state index in [-0.39, 0.29) is 11.2 Å². The number of likely N-dealkylation sites (tertiary alicyclic amines) is 1. The fraction of sp³-hybridized carbons (Fsp3) is 0.519. The molecule has 4 heterocycles. The largest absolute Gasteiger partial charge is 0.467 e. The number of carbonyl (C=O) groups excluding carboxylic acids is 1. The zero-order valence-electron chi connectivity index (χ0n) is 20.5. The fourth-order valence-corrected chi connectivity index (χ4v) is 6.09. The van der Waals surface area contributed by atoms with Gasteiger partial charge in [0.2, 0.25) is 11.9 Å². The minimum atomic E-state index is -0.213. The molecule has 1 amide bonds. The Bertz CT molecular complexity index is 1070. The second-order valence-electron chi connectivity index (χ2n) is 9.71. The average Bonchev–Trinajstić information content (AvgIpc) is 3.56. The Morgan fingerprint density at radius 1 is 1.03 bits per heavy atom. The van der Waals surface area contributed by atoms with Crippen molar-refractivity contribution in [3.63, 3.8) is 0 Å². The summed E-state index contributed by atoms with van der Waals surface area (Å²) in [4.78, 5) is 17.7. The molecule has 0 spiro atoms. The minimum Gasteiger partial charge on any atom is -0.467 e. The Balaban J connectivity index is 1.22. The number of furan rings is 1. The van der Waals surface area contributed by atoms with Gasteiger partial charge < -0.3 is 14.2 Å². The molecule has 0 radical (unpaired) electrons. The smallest absolute Gasteiger partial charge is 0.235 e. The van der Waals surface area contributed by atoms with E-state index >= 15 is 0 Å². The number of hydrogen-bond donors (Lipinski definition) is 0. The molecule has 0 bridgehead atoms. The summed E-state index contributed by atoms with van der Waals surface area (Å²) < 4.78 is 7.74. The van der Waals surface area contributed by atoms with Crippen LogP contribution in [0.3, 0.4) is 0 Å². The van der Waals surface area contributed by atoms with E-state index in [2.05, 4.69) is 50.0 Å². The van der Waals surface area contributed by atoms with Crippen LogP contribution in [0.5, 0.6) is 0 Å². The third-order valence-corrected chi connectivity index (χ3v) is 8.22. The molecule has 3 aromatic rings. The van der Waals surface area contributed by atoms with E-state index in [1.807, 2.05) is 24.0 Å². The van der Waals surface area contributed by atoms with Crippen molar-refractivity contribution in [1.82, 2.24) is 19.7 Å². The van der Waals surface area contributed by atoms with Gasteiger partial charge >= 0.3 is 0 Å². The lowest BCUT2D eigenvalue weighted by atomic mass is 9.90. The summed E-state index contributed by atoms with van der Waals surface area (Å²) >= 11 is 1.51. The van der Waals surface area contributed by atoms with Crippen LogP contribution in [0, 0.1) is 5.92 Å². The van der Waals surface area contributed by atoms with Crippen molar-refractivity contribution in [1.29, 1.82) is 0 Å². The first-order valence-electron chi connectivity index (χ1n) is 12.9. The number of anilines is 1. The van der Waals surface area contributed by atoms with E-state index < -0.39 is 0 Å².